The maximum Gasteiger partial charge on any atom is 0.254 e. The molecule has 0 spiro atoms. The summed E-state index contributed by atoms with van der Waals surface area (Å²) < 4.78 is 11.0. The zero-order chi connectivity index (χ0) is 33.9. The van der Waals surface area contributed by atoms with Crippen LogP contribution in [0.3, 0.4) is 0 Å². The highest BCUT2D eigenvalue weighted by Gasteiger charge is 2.26. The lowest BCUT2D eigenvalue weighted by atomic mass is 10.0. The minimum Gasteiger partial charge on any atom is -0.379 e. The number of amides is 2. The fourth-order valence-electron chi connectivity index (χ4n) is 5.92. The first-order chi connectivity index (χ1) is 23.3. The number of halogens is 4. The van der Waals surface area contributed by atoms with Crippen molar-refractivity contribution in [2.75, 3.05) is 91.9 Å². The number of benzene rings is 3. The lowest BCUT2D eigenvalue weighted by molar-refractivity contribution is 0.0319. The van der Waals surface area contributed by atoms with Gasteiger partial charge in [-0.1, -0.05) is 70.7 Å². The van der Waals surface area contributed by atoms with Crippen LogP contribution in [0.2, 0.25) is 20.1 Å². The van der Waals surface area contributed by atoms with Crippen molar-refractivity contribution in [3.8, 4) is 0 Å². The molecule has 48 heavy (non-hydrogen) atoms. The Morgan fingerprint density at radius 3 is 1.33 bits per heavy atom. The molecule has 0 radical (unpaired) electrons. The van der Waals surface area contributed by atoms with Crippen molar-refractivity contribution in [1.29, 1.82) is 0 Å². The van der Waals surface area contributed by atoms with Crippen molar-refractivity contribution < 1.29 is 19.1 Å². The van der Waals surface area contributed by atoms with Gasteiger partial charge in [0, 0.05) is 65.4 Å². The summed E-state index contributed by atoms with van der Waals surface area (Å²) in [5.74, 6) is -0.352. The van der Waals surface area contributed by atoms with Gasteiger partial charge >= 0.3 is 0 Å². The Morgan fingerprint density at radius 1 is 0.562 bits per heavy atom. The highest BCUT2D eigenvalue weighted by Crippen LogP contribution is 2.25. The number of nitrogens with zero attached hydrogens (tertiary/aromatic N) is 4. The standard InChI is InChI=1S/C36H42Cl4N4O4/c37-31-7-5-27(25-33(31)39)9-11-43(15-13-41-17-21-47-22-18-41)35(45)29-3-1-2-4-30(29)36(46)44(16-14-42-19-23-48-24-20-42)12-10-28-6-8-32(38)34(40)26-28/h1-8,25-26H,9-24H2. The average Bonchev–Trinajstić information content (AvgIpc) is 3.11. The molecule has 258 valence electrons. The Morgan fingerprint density at radius 2 is 0.958 bits per heavy atom. The van der Waals surface area contributed by atoms with Gasteiger partial charge in [0.2, 0.25) is 0 Å². The van der Waals surface area contributed by atoms with Crippen molar-refractivity contribution >= 4 is 58.2 Å². The van der Waals surface area contributed by atoms with Gasteiger partial charge in [-0.2, -0.15) is 0 Å². The summed E-state index contributed by atoms with van der Waals surface area (Å²) in [6.07, 6.45) is 1.19. The molecule has 2 aliphatic heterocycles. The molecule has 5 rings (SSSR count). The van der Waals surface area contributed by atoms with E-state index in [1.54, 1.807) is 24.3 Å². The number of rotatable bonds is 14. The van der Waals surface area contributed by atoms with Gasteiger partial charge in [-0.05, 0) is 60.4 Å². The molecule has 3 aromatic carbocycles. The van der Waals surface area contributed by atoms with E-state index >= 15 is 0 Å². The first-order valence-electron chi connectivity index (χ1n) is 16.4. The van der Waals surface area contributed by atoms with E-state index in [-0.39, 0.29) is 11.8 Å². The Balaban J connectivity index is 1.36. The largest absolute Gasteiger partial charge is 0.379 e. The van der Waals surface area contributed by atoms with Crippen molar-refractivity contribution in [3.63, 3.8) is 0 Å². The van der Waals surface area contributed by atoms with E-state index in [0.29, 0.717) is 110 Å². The van der Waals surface area contributed by atoms with Crippen LogP contribution in [0.25, 0.3) is 0 Å². The fraction of sp³-hybridized carbons (Fsp3) is 0.444. The Labute approximate surface area is 303 Å². The molecular formula is C36H42Cl4N4O4. The van der Waals surface area contributed by atoms with Gasteiger partial charge in [0.25, 0.3) is 11.8 Å². The second-order valence-corrected chi connectivity index (χ2v) is 13.7. The minimum atomic E-state index is -0.176. The summed E-state index contributed by atoms with van der Waals surface area (Å²) >= 11 is 24.9. The molecule has 3 aromatic rings. The van der Waals surface area contributed by atoms with Gasteiger partial charge in [0.05, 0.1) is 57.6 Å². The van der Waals surface area contributed by atoms with Gasteiger partial charge in [0.15, 0.2) is 0 Å². The predicted octanol–water partition coefficient (Wildman–Crippen LogP) is 6.33. The highest BCUT2D eigenvalue weighted by atomic mass is 35.5. The van der Waals surface area contributed by atoms with Crippen molar-refractivity contribution in [3.05, 3.63) is 103 Å². The van der Waals surface area contributed by atoms with Gasteiger partial charge in [-0.3, -0.25) is 19.4 Å². The summed E-state index contributed by atoms with van der Waals surface area (Å²) in [7, 11) is 0. The third kappa shape index (κ3) is 10.6. The Kier molecular flexibility index (Phi) is 14.3. The smallest absolute Gasteiger partial charge is 0.254 e. The monoisotopic (exact) mass is 734 g/mol. The first kappa shape index (κ1) is 36.9. The first-order valence-corrected chi connectivity index (χ1v) is 18.0. The molecule has 12 heteroatoms. The second-order valence-electron chi connectivity index (χ2n) is 12.0. The normalized spacial score (nSPS) is 15.8. The molecule has 0 N–H and O–H groups in total. The number of hydrogen-bond acceptors (Lipinski definition) is 6. The fourth-order valence-corrected chi connectivity index (χ4v) is 6.56. The van der Waals surface area contributed by atoms with Crippen LogP contribution in [0.15, 0.2) is 60.7 Å². The molecule has 2 amide bonds. The van der Waals surface area contributed by atoms with Gasteiger partial charge in [-0.15, -0.1) is 0 Å². The van der Waals surface area contributed by atoms with Crippen LogP contribution in [0.4, 0.5) is 0 Å². The summed E-state index contributed by atoms with van der Waals surface area (Å²) in [5.41, 5.74) is 2.75. The van der Waals surface area contributed by atoms with Crippen molar-refractivity contribution in [2.24, 2.45) is 0 Å². The van der Waals surface area contributed by atoms with E-state index in [1.807, 2.05) is 46.2 Å². The summed E-state index contributed by atoms with van der Waals surface area (Å²) in [4.78, 5) is 37.0. The minimum absolute atomic E-state index is 0.176. The van der Waals surface area contributed by atoms with Crippen LogP contribution in [0, 0.1) is 0 Å². The SMILES string of the molecule is O=C(c1ccccc1C(=O)N(CCc1ccc(Cl)c(Cl)c1)CCN1CCOCC1)N(CCc1ccc(Cl)c(Cl)c1)CCN1CCOCC1. The molecule has 0 atom stereocenters. The molecule has 0 aromatic heterocycles. The molecule has 2 heterocycles. The quantitative estimate of drug-likeness (QED) is 0.193. The summed E-state index contributed by atoms with van der Waals surface area (Å²) in [5, 5.41) is 1.94. The third-order valence-corrected chi connectivity index (χ3v) is 10.3. The van der Waals surface area contributed by atoms with Gasteiger partial charge in [0.1, 0.15) is 0 Å². The number of carbonyl (C=O) groups excluding carboxylic acids is 2. The van der Waals surface area contributed by atoms with Crippen LogP contribution < -0.4 is 0 Å². The van der Waals surface area contributed by atoms with Crippen LogP contribution in [0.5, 0.6) is 0 Å². The number of ether oxygens (including phenoxy) is 2. The van der Waals surface area contributed by atoms with Crippen LogP contribution in [-0.2, 0) is 22.3 Å². The topological polar surface area (TPSA) is 65.6 Å². The lowest BCUT2D eigenvalue weighted by Gasteiger charge is -2.32. The van der Waals surface area contributed by atoms with Crippen LogP contribution >= 0.6 is 46.4 Å². The maximum absolute atomic E-state index is 14.4. The number of morpholine rings is 2. The zero-order valence-corrected chi connectivity index (χ0v) is 30.0. The van der Waals surface area contributed by atoms with E-state index < -0.39 is 0 Å². The molecule has 0 aliphatic carbocycles. The molecule has 0 bridgehead atoms. The molecule has 2 fully saturated rings. The summed E-state index contributed by atoms with van der Waals surface area (Å²) in [6.45, 7) is 9.36. The van der Waals surface area contributed by atoms with E-state index in [1.165, 1.54) is 0 Å². The van der Waals surface area contributed by atoms with Crippen molar-refractivity contribution in [2.45, 2.75) is 12.8 Å². The Bertz CT molecular complexity index is 1420. The van der Waals surface area contributed by atoms with E-state index in [0.717, 1.165) is 37.3 Å². The second kappa shape index (κ2) is 18.6. The van der Waals surface area contributed by atoms with Crippen LogP contribution in [-0.4, -0.2) is 123 Å². The van der Waals surface area contributed by atoms with E-state index in [2.05, 4.69) is 9.80 Å². The number of carbonyl (C=O) groups is 2. The maximum atomic E-state index is 14.4. The highest BCUT2D eigenvalue weighted by molar-refractivity contribution is 6.42. The van der Waals surface area contributed by atoms with E-state index in [9.17, 15) is 9.59 Å². The zero-order valence-electron chi connectivity index (χ0n) is 27.0. The Hall–Kier alpha value is -2.40. The van der Waals surface area contributed by atoms with Gasteiger partial charge < -0.3 is 19.3 Å². The predicted molar refractivity (Wildman–Crippen MR) is 193 cm³/mol. The molecule has 2 aliphatic rings. The molecule has 0 saturated carbocycles. The molecule has 8 nitrogen and oxygen atoms in total. The third-order valence-electron chi connectivity index (χ3n) is 8.85. The van der Waals surface area contributed by atoms with Crippen LogP contribution in [0.1, 0.15) is 31.8 Å². The number of hydrogen-bond donors (Lipinski definition) is 0. The lowest BCUT2D eigenvalue weighted by Crippen LogP contribution is -2.45. The van der Waals surface area contributed by atoms with E-state index in [4.69, 9.17) is 55.9 Å². The summed E-state index contributed by atoms with van der Waals surface area (Å²) in [6, 6.07) is 18.2. The van der Waals surface area contributed by atoms with Gasteiger partial charge in [-0.25, -0.2) is 0 Å². The molecule has 2 saturated heterocycles. The molecule has 0 unspecified atom stereocenters. The average molecular weight is 737 g/mol. The van der Waals surface area contributed by atoms with Crippen molar-refractivity contribution in [1.82, 2.24) is 19.6 Å². The molecular weight excluding hydrogens is 694 g/mol.